The number of aryl methyl sites for hydroxylation is 1. The summed E-state index contributed by atoms with van der Waals surface area (Å²) in [4.78, 5) is 25.5. The van der Waals surface area contributed by atoms with E-state index in [1.54, 1.807) is 36.4 Å². The third-order valence-electron chi connectivity index (χ3n) is 4.79. The van der Waals surface area contributed by atoms with Gasteiger partial charge in [-0.3, -0.25) is 13.9 Å². The smallest absolute Gasteiger partial charge is 0.253 e. The lowest BCUT2D eigenvalue weighted by Crippen LogP contribution is -2.45. The fourth-order valence-electron chi connectivity index (χ4n) is 3.11. The molecule has 0 aliphatic rings. The van der Waals surface area contributed by atoms with Crippen molar-refractivity contribution in [3.05, 3.63) is 59.7 Å². The Labute approximate surface area is 184 Å². The van der Waals surface area contributed by atoms with E-state index in [9.17, 15) is 18.0 Å². The number of carbonyl (C=O) groups is 2. The van der Waals surface area contributed by atoms with Crippen LogP contribution in [0.5, 0.6) is 0 Å². The molecule has 1 atom stereocenters. The van der Waals surface area contributed by atoms with Crippen LogP contribution < -0.4 is 14.9 Å². The Balaban J connectivity index is 2.28. The molecule has 0 saturated heterocycles. The van der Waals surface area contributed by atoms with E-state index >= 15 is 0 Å². The molecule has 0 heterocycles. The van der Waals surface area contributed by atoms with Crippen molar-refractivity contribution in [1.82, 2.24) is 5.32 Å². The van der Waals surface area contributed by atoms with Crippen LogP contribution in [0.3, 0.4) is 0 Å². The lowest BCUT2D eigenvalue weighted by molar-refractivity contribution is -0.116. The molecular formula is C23H31N3O4S. The third-order valence-corrected chi connectivity index (χ3v) is 6.03. The number of carbonyl (C=O) groups excluding carboxylic acids is 2. The molecule has 2 amide bonds. The van der Waals surface area contributed by atoms with Gasteiger partial charge in [0.05, 0.1) is 23.2 Å². The summed E-state index contributed by atoms with van der Waals surface area (Å²) in [5.74, 6) is -0.547. The van der Waals surface area contributed by atoms with Crippen LogP contribution >= 0.6 is 0 Å². The van der Waals surface area contributed by atoms with Gasteiger partial charge >= 0.3 is 0 Å². The number of amides is 2. The first-order chi connectivity index (χ1) is 14.5. The molecular weight excluding hydrogens is 414 g/mol. The van der Waals surface area contributed by atoms with E-state index in [1.165, 1.54) is 6.92 Å². The SMILES string of the molecule is CCc1ccc(N([C@H](C)C(=O)Nc2ccccc2C(=O)NCC(C)C)S(C)(=O)=O)cc1. The highest BCUT2D eigenvalue weighted by Crippen LogP contribution is 2.23. The van der Waals surface area contributed by atoms with Crippen molar-refractivity contribution in [1.29, 1.82) is 0 Å². The van der Waals surface area contributed by atoms with Crippen molar-refractivity contribution in [2.75, 3.05) is 22.4 Å². The minimum Gasteiger partial charge on any atom is -0.352 e. The van der Waals surface area contributed by atoms with E-state index in [4.69, 9.17) is 0 Å². The average molecular weight is 446 g/mol. The second-order valence-electron chi connectivity index (χ2n) is 7.89. The molecule has 8 heteroatoms. The molecule has 2 N–H and O–H groups in total. The third kappa shape index (κ3) is 6.55. The molecule has 168 valence electrons. The van der Waals surface area contributed by atoms with E-state index < -0.39 is 22.0 Å². The van der Waals surface area contributed by atoms with Crippen LogP contribution in [0, 0.1) is 5.92 Å². The van der Waals surface area contributed by atoms with Gasteiger partial charge < -0.3 is 10.6 Å². The first-order valence-corrected chi connectivity index (χ1v) is 12.2. The Morgan fingerprint density at radius 1 is 1.00 bits per heavy atom. The van der Waals surface area contributed by atoms with Gasteiger partial charge in [0.2, 0.25) is 15.9 Å². The number of rotatable bonds is 9. The summed E-state index contributed by atoms with van der Waals surface area (Å²) in [6.45, 7) is 8.01. The Kier molecular flexibility index (Phi) is 8.21. The van der Waals surface area contributed by atoms with Gasteiger partial charge in [-0.15, -0.1) is 0 Å². The molecule has 0 bridgehead atoms. The maximum absolute atomic E-state index is 13.0. The molecule has 0 unspecified atom stereocenters. The number of hydrogen-bond acceptors (Lipinski definition) is 4. The molecule has 0 aliphatic heterocycles. The monoisotopic (exact) mass is 445 g/mol. The number of sulfonamides is 1. The second-order valence-corrected chi connectivity index (χ2v) is 9.75. The van der Waals surface area contributed by atoms with E-state index in [0.29, 0.717) is 23.5 Å². The van der Waals surface area contributed by atoms with Crippen LogP contribution in [0.2, 0.25) is 0 Å². The zero-order valence-corrected chi connectivity index (χ0v) is 19.5. The summed E-state index contributed by atoms with van der Waals surface area (Å²) in [6.07, 6.45) is 1.89. The van der Waals surface area contributed by atoms with Gasteiger partial charge in [-0.25, -0.2) is 8.42 Å². The molecule has 0 aromatic heterocycles. The first kappa shape index (κ1) is 24.4. The zero-order chi connectivity index (χ0) is 23.2. The molecule has 2 rings (SSSR count). The van der Waals surface area contributed by atoms with Crippen molar-refractivity contribution in [3.8, 4) is 0 Å². The summed E-state index contributed by atoms with van der Waals surface area (Å²) in [5, 5.41) is 5.55. The lowest BCUT2D eigenvalue weighted by Gasteiger charge is -2.28. The zero-order valence-electron chi connectivity index (χ0n) is 18.7. The molecule has 0 spiro atoms. The Morgan fingerprint density at radius 2 is 1.61 bits per heavy atom. The van der Waals surface area contributed by atoms with Crippen LogP contribution in [0.4, 0.5) is 11.4 Å². The quantitative estimate of drug-likeness (QED) is 0.618. The summed E-state index contributed by atoms with van der Waals surface area (Å²) in [5.41, 5.74) is 2.12. The van der Waals surface area contributed by atoms with E-state index in [-0.39, 0.29) is 11.8 Å². The average Bonchev–Trinajstić information content (AvgIpc) is 2.72. The fourth-order valence-corrected chi connectivity index (χ4v) is 4.28. The van der Waals surface area contributed by atoms with Gasteiger partial charge in [0, 0.05) is 6.54 Å². The molecule has 0 radical (unpaired) electrons. The Morgan fingerprint density at radius 3 is 2.16 bits per heavy atom. The summed E-state index contributed by atoms with van der Waals surface area (Å²) in [7, 11) is -3.73. The lowest BCUT2D eigenvalue weighted by atomic mass is 10.1. The maximum atomic E-state index is 13.0. The highest BCUT2D eigenvalue weighted by molar-refractivity contribution is 7.92. The summed E-state index contributed by atoms with van der Waals surface area (Å²) >= 11 is 0. The van der Waals surface area contributed by atoms with Gasteiger partial charge in [0.25, 0.3) is 5.91 Å². The molecule has 31 heavy (non-hydrogen) atoms. The van der Waals surface area contributed by atoms with Gasteiger partial charge in [-0.05, 0) is 49.1 Å². The molecule has 2 aromatic carbocycles. The first-order valence-electron chi connectivity index (χ1n) is 10.3. The maximum Gasteiger partial charge on any atom is 0.253 e. The topological polar surface area (TPSA) is 95.6 Å². The number of para-hydroxylation sites is 1. The van der Waals surface area contributed by atoms with Crippen molar-refractivity contribution in [2.45, 2.75) is 40.2 Å². The molecule has 0 fully saturated rings. The van der Waals surface area contributed by atoms with Crippen molar-refractivity contribution < 1.29 is 18.0 Å². The van der Waals surface area contributed by atoms with Crippen LogP contribution in [0.15, 0.2) is 48.5 Å². The normalized spacial score (nSPS) is 12.3. The molecule has 0 aliphatic carbocycles. The van der Waals surface area contributed by atoms with Crippen molar-refractivity contribution in [2.24, 2.45) is 5.92 Å². The second kappa shape index (κ2) is 10.4. The van der Waals surface area contributed by atoms with Gasteiger partial charge in [-0.2, -0.15) is 0 Å². The van der Waals surface area contributed by atoms with Crippen molar-refractivity contribution >= 4 is 33.2 Å². The standard InChI is InChI=1S/C23H31N3O4S/c1-6-18-11-13-19(14-12-18)26(31(5,29)30)17(4)22(27)25-21-10-8-7-9-20(21)23(28)24-15-16(2)3/h7-14,16-17H,6,15H2,1-5H3,(H,24,28)(H,25,27)/t17-/m1/s1. The summed E-state index contributed by atoms with van der Waals surface area (Å²) < 4.78 is 26.1. The fraction of sp³-hybridized carbons (Fsp3) is 0.391. The van der Waals surface area contributed by atoms with Crippen LogP contribution in [0.1, 0.15) is 43.6 Å². The van der Waals surface area contributed by atoms with E-state index in [0.717, 1.165) is 22.5 Å². The van der Waals surface area contributed by atoms with Gasteiger partial charge in [0.1, 0.15) is 6.04 Å². The minimum absolute atomic E-state index is 0.285. The largest absolute Gasteiger partial charge is 0.352 e. The highest BCUT2D eigenvalue weighted by atomic mass is 32.2. The Hall–Kier alpha value is -2.87. The number of nitrogens with zero attached hydrogens (tertiary/aromatic N) is 1. The predicted octanol–water partition coefficient (Wildman–Crippen LogP) is 3.43. The molecule has 7 nitrogen and oxygen atoms in total. The molecule has 0 saturated carbocycles. The number of benzene rings is 2. The summed E-state index contributed by atoms with van der Waals surface area (Å²) in [6, 6.07) is 12.7. The van der Waals surface area contributed by atoms with Gasteiger partial charge in [-0.1, -0.05) is 45.0 Å². The van der Waals surface area contributed by atoms with Crippen molar-refractivity contribution in [3.63, 3.8) is 0 Å². The van der Waals surface area contributed by atoms with E-state index in [2.05, 4.69) is 10.6 Å². The van der Waals surface area contributed by atoms with Gasteiger partial charge in [0.15, 0.2) is 0 Å². The van der Waals surface area contributed by atoms with Crippen LogP contribution in [0.25, 0.3) is 0 Å². The van der Waals surface area contributed by atoms with Crippen LogP contribution in [-0.4, -0.2) is 39.1 Å². The minimum atomic E-state index is -3.73. The predicted molar refractivity (Wildman–Crippen MR) is 125 cm³/mol. The number of anilines is 2. The highest BCUT2D eigenvalue weighted by Gasteiger charge is 2.29. The Bertz CT molecular complexity index is 1020. The van der Waals surface area contributed by atoms with Crippen LogP contribution in [-0.2, 0) is 21.2 Å². The van der Waals surface area contributed by atoms with E-state index in [1.807, 2.05) is 32.9 Å². The molecule has 2 aromatic rings. The number of nitrogens with one attached hydrogen (secondary N) is 2. The number of hydrogen-bond donors (Lipinski definition) is 2.